The average Bonchev–Trinajstić information content (AvgIpc) is 2.41. The van der Waals surface area contributed by atoms with Gasteiger partial charge in [0.2, 0.25) is 0 Å². The molecule has 0 fully saturated rings. The number of carbonyl (C=O) groups is 3. The minimum atomic E-state index is -0.371. The van der Waals surface area contributed by atoms with Gasteiger partial charge in [0.15, 0.2) is 0 Å². The van der Waals surface area contributed by atoms with E-state index in [0.29, 0.717) is 6.61 Å². The second-order valence-electron chi connectivity index (χ2n) is 5.63. The van der Waals surface area contributed by atoms with E-state index < -0.39 is 0 Å². The number of methoxy groups -OCH3 is 1. The van der Waals surface area contributed by atoms with Crippen LogP contribution in [0.3, 0.4) is 0 Å². The highest BCUT2D eigenvalue weighted by Crippen LogP contribution is 2.14. The van der Waals surface area contributed by atoms with Gasteiger partial charge in [0.05, 0.1) is 12.2 Å². The molecule has 1 unspecified atom stereocenters. The molecule has 7 heteroatoms. The minimum Gasteiger partial charge on any atom is -0.466 e. The Labute approximate surface area is 138 Å². The van der Waals surface area contributed by atoms with Crippen molar-refractivity contribution in [3.05, 3.63) is 0 Å². The van der Waals surface area contributed by atoms with Crippen LogP contribution in [0.4, 0.5) is 0 Å². The summed E-state index contributed by atoms with van der Waals surface area (Å²) in [5.74, 6) is -0.959. The summed E-state index contributed by atoms with van der Waals surface area (Å²) in [6.45, 7) is 10.3. The number of ether oxygens (including phenoxy) is 4. The Morgan fingerprint density at radius 1 is 0.957 bits per heavy atom. The molecule has 0 aliphatic rings. The summed E-state index contributed by atoms with van der Waals surface area (Å²) >= 11 is 0. The lowest BCUT2D eigenvalue weighted by molar-refractivity contribution is -0.155. The Balaban J connectivity index is 0. The van der Waals surface area contributed by atoms with Gasteiger partial charge in [-0.05, 0) is 33.6 Å². The first-order valence-corrected chi connectivity index (χ1v) is 7.49. The summed E-state index contributed by atoms with van der Waals surface area (Å²) < 4.78 is 19.3. The Morgan fingerprint density at radius 3 is 1.87 bits per heavy atom. The number of hydrogen-bond acceptors (Lipinski definition) is 7. The van der Waals surface area contributed by atoms with Crippen LogP contribution in [0.2, 0.25) is 0 Å². The third kappa shape index (κ3) is 20.4. The molecule has 23 heavy (non-hydrogen) atoms. The van der Waals surface area contributed by atoms with Crippen LogP contribution in [-0.4, -0.2) is 49.9 Å². The highest BCUT2D eigenvalue weighted by molar-refractivity contribution is 5.67. The van der Waals surface area contributed by atoms with Crippen LogP contribution < -0.4 is 0 Å². The molecule has 0 heterocycles. The molecule has 0 saturated heterocycles. The van der Waals surface area contributed by atoms with Crippen LogP contribution in [0.25, 0.3) is 0 Å². The van der Waals surface area contributed by atoms with E-state index in [1.807, 2.05) is 13.8 Å². The van der Waals surface area contributed by atoms with Gasteiger partial charge in [0.1, 0.15) is 12.7 Å². The second-order valence-corrected chi connectivity index (χ2v) is 5.63. The van der Waals surface area contributed by atoms with Gasteiger partial charge in [-0.1, -0.05) is 0 Å². The van der Waals surface area contributed by atoms with E-state index in [9.17, 15) is 14.4 Å². The van der Waals surface area contributed by atoms with E-state index in [1.54, 1.807) is 14.0 Å². The van der Waals surface area contributed by atoms with Gasteiger partial charge in [-0.15, -0.1) is 0 Å². The summed E-state index contributed by atoms with van der Waals surface area (Å²) in [5.41, 5.74) is -0.111. The third-order valence-corrected chi connectivity index (χ3v) is 2.67. The van der Waals surface area contributed by atoms with Crippen LogP contribution in [0, 0.1) is 0 Å². The van der Waals surface area contributed by atoms with E-state index >= 15 is 0 Å². The average molecular weight is 334 g/mol. The molecule has 7 nitrogen and oxygen atoms in total. The van der Waals surface area contributed by atoms with Crippen LogP contribution in [0.15, 0.2) is 0 Å². The fourth-order valence-electron chi connectivity index (χ4n) is 1.37. The Kier molecular flexibility index (Phi) is 13.2. The largest absolute Gasteiger partial charge is 0.466 e. The van der Waals surface area contributed by atoms with E-state index in [2.05, 4.69) is 9.47 Å². The smallest absolute Gasteiger partial charge is 0.303 e. The monoisotopic (exact) mass is 334 g/mol. The Bertz CT molecular complexity index is 363. The van der Waals surface area contributed by atoms with Crippen molar-refractivity contribution < 1.29 is 33.3 Å². The molecule has 0 rings (SSSR count). The summed E-state index contributed by atoms with van der Waals surface area (Å²) in [5, 5.41) is 0. The van der Waals surface area contributed by atoms with E-state index in [1.165, 1.54) is 20.8 Å². The molecule has 0 radical (unpaired) electrons. The maximum atomic E-state index is 10.4. The molecule has 0 aromatic heterocycles. The topological polar surface area (TPSA) is 88.1 Å². The van der Waals surface area contributed by atoms with Gasteiger partial charge in [-0.3, -0.25) is 14.4 Å². The fraction of sp³-hybridized carbons (Fsp3) is 0.812. The van der Waals surface area contributed by atoms with Crippen LogP contribution in [-0.2, 0) is 33.3 Å². The lowest BCUT2D eigenvalue weighted by atomic mass is 10.0. The van der Waals surface area contributed by atoms with Crippen molar-refractivity contribution in [1.82, 2.24) is 0 Å². The first-order valence-electron chi connectivity index (χ1n) is 7.49. The second kappa shape index (κ2) is 12.9. The molecule has 136 valence electrons. The quantitative estimate of drug-likeness (QED) is 0.382. The predicted octanol–water partition coefficient (Wildman–Crippen LogP) is 2.26. The summed E-state index contributed by atoms with van der Waals surface area (Å²) in [6, 6.07) is 0. The van der Waals surface area contributed by atoms with E-state index in [0.717, 1.165) is 12.8 Å². The zero-order valence-corrected chi connectivity index (χ0v) is 15.3. The lowest BCUT2D eigenvalue weighted by Crippen LogP contribution is -2.22. The van der Waals surface area contributed by atoms with Crippen molar-refractivity contribution in [2.75, 3.05) is 20.3 Å². The Hall–Kier alpha value is -1.63. The molecule has 1 atom stereocenters. The minimum absolute atomic E-state index is 0.111. The number of hydrogen-bond donors (Lipinski definition) is 0. The molecule has 0 N–H and O–H groups in total. The zero-order chi connectivity index (χ0) is 18.5. The highest BCUT2D eigenvalue weighted by Gasteiger charge is 2.15. The van der Waals surface area contributed by atoms with Gasteiger partial charge in [-0.2, -0.15) is 0 Å². The molecular formula is C16H30O7. The van der Waals surface area contributed by atoms with Crippen molar-refractivity contribution in [1.29, 1.82) is 0 Å². The molecule has 0 aromatic carbocycles. The molecule has 0 bridgehead atoms. The molecule has 0 spiro atoms. The van der Waals surface area contributed by atoms with E-state index in [-0.39, 0.29) is 36.2 Å². The zero-order valence-electron chi connectivity index (χ0n) is 15.3. The van der Waals surface area contributed by atoms with Crippen LogP contribution >= 0.6 is 0 Å². The molecule has 0 amide bonds. The van der Waals surface area contributed by atoms with Gasteiger partial charge in [0.25, 0.3) is 0 Å². The maximum absolute atomic E-state index is 10.4. The predicted molar refractivity (Wildman–Crippen MR) is 84.8 cm³/mol. The summed E-state index contributed by atoms with van der Waals surface area (Å²) in [6.07, 6.45) is 1.38. The van der Waals surface area contributed by atoms with Crippen molar-refractivity contribution in [3.63, 3.8) is 0 Å². The van der Waals surface area contributed by atoms with Gasteiger partial charge in [0, 0.05) is 27.9 Å². The van der Waals surface area contributed by atoms with Gasteiger partial charge >= 0.3 is 17.9 Å². The van der Waals surface area contributed by atoms with Crippen molar-refractivity contribution in [3.8, 4) is 0 Å². The lowest BCUT2D eigenvalue weighted by Gasteiger charge is -2.22. The molecule has 0 aromatic rings. The fourth-order valence-corrected chi connectivity index (χ4v) is 1.37. The van der Waals surface area contributed by atoms with Crippen molar-refractivity contribution >= 4 is 17.9 Å². The van der Waals surface area contributed by atoms with E-state index in [4.69, 9.17) is 9.47 Å². The SMILES string of the molecule is CC(=O)OCC(C)OC(C)=O.COC(C)(C)CCCOC(C)=O. The normalized spacial score (nSPS) is 11.6. The summed E-state index contributed by atoms with van der Waals surface area (Å²) in [7, 11) is 1.69. The first-order chi connectivity index (χ1) is 10.5. The molecule has 0 aliphatic heterocycles. The summed E-state index contributed by atoms with van der Waals surface area (Å²) in [4.78, 5) is 31.0. The standard InChI is InChI=1S/C9H18O3.C7H12O4/c1-8(10)12-7-5-6-9(2,3)11-4;1-5(11-7(3)9)4-10-6(2)8/h5-7H2,1-4H3;5H,4H2,1-3H3. The molecular weight excluding hydrogens is 304 g/mol. The number of rotatable bonds is 8. The van der Waals surface area contributed by atoms with Crippen LogP contribution in [0.5, 0.6) is 0 Å². The van der Waals surface area contributed by atoms with Crippen molar-refractivity contribution in [2.45, 2.75) is 66.1 Å². The Morgan fingerprint density at radius 2 is 1.48 bits per heavy atom. The van der Waals surface area contributed by atoms with Gasteiger partial charge < -0.3 is 18.9 Å². The first kappa shape index (κ1) is 23.6. The van der Waals surface area contributed by atoms with Crippen LogP contribution in [0.1, 0.15) is 54.4 Å². The van der Waals surface area contributed by atoms with Gasteiger partial charge in [-0.25, -0.2) is 0 Å². The highest BCUT2D eigenvalue weighted by atomic mass is 16.6. The molecule has 0 saturated carbocycles. The third-order valence-electron chi connectivity index (χ3n) is 2.67. The molecule has 0 aliphatic carbocycles. The van der Waals surface area contributed by atoms with Crippen molar-refractivity contribution in [2.24, 2.45) is 0 Å². The maximum Gasteiger partial charge on any atom is 0.303 e. The number of carbonyl (C=O) groups excluding carboxylic acids is 3. The number of esters is 3.